The first kappa shape index (κ1) is 11.8. The Labute approximate surface area is 110 Å². The van der Waals surface area contributed by atoms with Crippen molar-refractivity contribution in [3.8, 4) is 11.1 Å². The molecule has 0 amide bonds. The van der Waals surface area contributed by atoms with E-state index in [2.05, 4.69) is 9.97 Å². The second-order valence-electron chi connectivity index (χ2n) is 4.19. The third-order valence-electron chi connectivity index (χ3n) is 3.03. The van der Waals surface area contributed by atoms with E-state index in [4.69, 9.17) is 0 Å². The monoisotopic (exact) mass is 250 g/mol. The molecular weight excluding hydrogens is 239 g/mol. The van der Waals surface area contributed by atoms with Gasteiger partial charge >= 0.3 is 7.12 Å². The molecule has 3 aromatic rings. The number of benzene rings is 2. The van der Waals surface area contributed by atoms with Crippen LogP contribution in [0, 0.1) is 0 Å². The van der Waals surface area contributed by atoms with Crippen LogP contribution < -0.4 is 5.46 Å². The van der Waals surface area contributed by atoms with Crippen LogP contribution in [0.2, 0.25) is 0 Å². The molecular formula is C14H11BN2O2. The van der Waals surface area contributed by atoms with Gasteiger partial charge in [0.2, 0.25) is 0 Å². The van der Waals surface area contributed by atoms with Crippen molar-refractivity contribution >= 4 is 23.6 Å². The van der Waals surface area contributed by atoms with Crippen molar-refractivity contribution in [1.82, 2.24) is 9.97 Å². The van der Waals surface area contributed by atoms with Gasteiger partial charge in [0.05, 0.1) is 11.0 Å². The Morgan fingerprint density at radius 3 is 2.37 bits per heavy atom. The smallest absolute Gasteiger partial charge is 0.423 e. The predicted molar refractivity (Wildman–Crippen MR) is 74.8 cm³/mol. The summed E-state index contributed by atoms with van der Waals surface area (Å²) in [5.41, 5.74) is 3.58. The Bertz CT molecular complexity index is 726. The topological polar surface area (TPSA) is 66.2 Å². The minimum Gasteiger partial charge on any atom is -0.423 e. The summed E-state index contributed by atoms with van der Waals surface area (Å²) in [6.45, 7) is 0. The molecule has 0 aliphatic heterocycles. The first-order chi connectivity index (χ1) is 9.27. The van der Waals surface area contributed by atoms with Gasteiger partial charge in [0.25, 0.3) is 0 Å². The van der Waals surface area contributed by atoms with Crippen molar-refractivity contribution < 1.29 is 10.0 Å². The van der Waals surface area contributed by atoms with Crippen LogP contribution in [0.15, 0.2) is 54.9 Å². The van der Waals surface area contributed by atoms with Crippen LogP contribution in [0.25, 0.3) is 22.2 Å². The molecule has 0 radical (unpaired) electrons. The SMILES string of the molecule is OB(O)c1ccccc1-c1cccc2nccnc12. The third kappa shape index (κ3) is 2.09. The van der Waals surface area contributed by atoms with E-state index in [-0.39, 0.29) is 0 Å². The fraction of sp³-hybridized carbons (Fsp3) is 0. The predicted octanol–water partition coefficient (Wildman–Crippen LogP) is 0.977. The van der Waals surface area contributed by atoms with Crippen LogP contribution in [0.3, 0.4) is 0 Å². The molecule has 2 aromatic carbocycles. The average Bonchev–Trinajstić information content (AvgIpc) is 2.46. The zero-order chi connectivity index (χ0) is 13.2. The van der Waals surface area contributed by atoms with Crippen LogP contribution in [0.5, 0.6) is 0 Å². The Kier molecular flexibility index (Phi) is 2.99. The summed E-state index contributed by atoms with van der Waals surface area (Å²) in [6, 6.07) is 12.8. The number of rotatable bonds is 2. The van der Waals surface area contributed by atoms with Crippen LogP contribution in [-0.2, 0) is 0 Å². The molecule has 0 saturated carbocycles. The first-order valence-corrected chi connectivity index (χ1v) is 5.92. The van der Waals surface area contributed by atoms with Crippen LogP contribution in [-0.4, -0.2) is 27.1 Å². The van der Waals surface area contributed by atoms with E-state index in [9.17, 15) is 10.0 Å². The molecule has 0 spiro atoms. The molecule has 1 heterocycles. The lowest BCUT2D eigenvalue weighted by molar-refractivity contribution is 0.426. The van der Waals surface area contributed by atoms with Crippen molar-refractivity contribution in [3.05, 3.63) is 54.9 Å². The molecule has 0 fully saturated rings. The van der Waals surface area contributed by atoms with Gasteiger partial charge in [-0.1, -0.05) is 36.4 Å². The maximum Gasteiger partial charge on any atom is 0.489 e. The molecule has 0 bridgehead atoms. The second kappa shape index (κ2) is 4.80. The summed E-state index contributed by atoms with van der Waals surface area (Å²) in [6.07, 6.45) is 3.27. The number of para-hydroxylation sites is 1. The largest absolute Gasteiger partial charge is 0.489 e. The summed E-state index contributed by atoms with van der Waals surface area (Å²) < 4.78 is 0. The molecule has 0 atom stereocenters. The van der Waals surface area contributed by atoms with E-state index in [0.29, 0.717) is 5.46 Å². The first-order valence-electron chi connectivity index (χ1n) is 5.92. The van der Waals surface area contributed by atoms with Crippen molar-refractivity contribution in [2.75, 3.05) is 0 Å². The number of hydrogen-bond acceptors (Lipinski definition) is 4. The molecule has 3 rings (SSSR count). The zero-order valence-corrected chi connectivity index (χ0v) is 10.1. The zero-order valence-electron chi connectivity index (χ0n) is 10.1. The summed E-state index contributed by atoms with van der Waals surface area (Å²) in [4.78, 5) is 8.59. The third-order valence-corrected chi connectivity index (χ3v) is 3.03. The van der Waals surface area contributed by atoms with E-state index >= 15 is 0 Å². The molecule has 19 heavy (non-hydrogen) atoms. The fourth-order valence-electron chi connectivity index (χ4n) is 2.18. The Balaban J connectivity index is 2.31. The van der Waals surface area contributed by atoms with E-state index in [1.165, 1.54) is 0 Å². The molecule has 0 unspecified atom stereocenters. The van der Waals surface area contributed by atoms with E-state index in [1.54, 1.807) is 24.5 Å². The maximum atomic E-state index is 9.46. The van der Waals surface area contributed by atoms with Crippen molar-refractivity contribution in [2.45, 2.75) is 0 Å². The van der Waals surface area contributed by atoms with Crippen LogP contribution >= 0.6 is 0 Å². The van der Waals surface area contributed by atoms with Gasteiger partial charge in [-0.05, 0) is 17.1 Å². The summed E-state index contributed by atoms with van der Waals surface area (Å²) in [5.74, 6) is 0. The van der Waals surface area contributed by atoms with E-state index in [0.717, 1.165) is 22.2 Å². The number of nitrogens with zero attached hydrogens (tertiary/aromatic N) is 2. The average molecular weight is 250 g/mol. The summed E-state index contributed by atoms with van der Waals surface area (Å²) >= 11 is 0. The highest BCUT2D eigenvalue weighted by Crippen LogP contribution is 2.24. The molecule has 92 valence electrons. The van der Waals surface area contributed by atoms with E-state index < -0.39 is 7.12 Å². The number of fused-ring (bicyclic) bond motifs is 1. The number of hydrogen-bond donors (Lipinski definition) is 2. The highest BCUT2D eigenvalue weighted by atomic mass is 16.4. The van der Waals surface area contributed by atoms with E-state index in [1.807, 2.05) is 30.3 Å². The Morgan fingerprint density at radius 1 is 0.789 bits per heavy atom. The van der Waals surface area contributed by atoms with Crippen molar-refractivity contribution in [3.63, 3.8) is 0 Å². The molecule has 5 heteroatoms. The highest BCUT2D eigenvalue weighted by molar-refractivity contribution is 6.60. The van der Waals surface area contributed by atoms with Gasteiger partial charge in [-0.3, -0.25) is 9.97 Å². The second-order valence-corrected chi connectivity index (χ2v) is 4.19. The molecule has 1 aromatic heterocycles. The standard InChI is InChI=1S/C14H11BN2O2/c18-15(19)12-6-2-1-4-10(12)11-5-3-7-13-14(11)17-9-8-16-13/h1-9,18-19H. The van der Waals surface area contributed by atoms with Crippen molar-refractivity contribution in [2.24, 2.45) is 0 Å². The van der Waals surface area contributed by atoms with Crippen LogP contribution in [0.4, 0.5) is 0 Å². The van der Waals surface area contributed by atoms with Gasteiger partial charge in [0, 0.05) is 18.0 Å². The fourth-order valence-corrected chi connectivity index (χ4v) is 2.18. The lowest BCUT2D eigenvalue weighted by Gasteiger charge is -2.10. The lowest BCUT2D eigenvalue weighted by atomic mass is 9.75. The van der Waals surface area contributed by atoms with Gasteiger partial charge in [0.1, 0.15) is 0 Å². The Morgan fingerprint density at radius 2 is 1.53 bits per heavy atom. The van der Waals surface area contributed by atoms with Gasteiger partial charge in [-0.2, -0.15) is 0 Å². The maximum absolute atomic E-state index is 9.46. The summed E-state index contributed by atoms with van der Waals surface area (Å²) in [7, 11) is -1.51. The normalized spacial score (nSPS) is 10.6. The quantitative estimate of drug-likeness (QED) is 0.665. The van der Waals surface area contributed by atoms with Gasteiger partial charge in [-0.25, -0.2) is 0 Å². The highest BCUT2D eigenvalue weighted by Gasteiger charge is 2.17. The van der Waals surface area contributed by atoms with Crippen molar-refractivity contribution in [1.29, 1.82) is 0 Å². The molecule has 0 aliphatic carbocycles. The molecule has 4 nitrogen and oxygen atoms in total. The molecule has 0 aliphatic rings. The van der Waals surface area contributed by atoms with Crippen LogP contribution in [0.1, 0.15) is 0 Å². The van der Waals surface area contributed by atoms with Gasteiger partial charge in [-0.15, -0.1) is 0 Å². The minimum atomic E-state index is -1.51. The number of aromatic nitrogens is 2. The summed E-state index contributed by atoms with van der Waals surface area (Å²) in [5, 5.41) is 18.9. The Hall–Kier alpha value is -2.24. The lowest BCUT2D eigenvalue weighted by Crippen LogP contribution is -2.31. The molecule has 2 N–H and O–H groups in total. The van der Waals surface area contributed by atoms with Gasteiger partial charge in [0.15, 0.2) is 0 Å². The molecule has 0 saturated heterocycles. The van der Waals surface area contributed by atoms with Gasteiger partial charge < -0.3 is 10.0 Å². The minimum absolute atomic E-state index is 0.459.